The zero-order chi connectivity index (χ0) is 35.1. The van der Waals surface area contributed by atoms with Crippen LogP contribution in [0, 0.1) is 23.7 Å². The predicted molar refractivity (Wildman–Crippen MR) is 190 cm³/mol. The number of benzene rings is 4. The number of ether oxygens (including phenoxy) is 1. The molecule has 0 aromatic heterocycles. The lowest BCUT2D eigenvalue weighted by atomic mass is 9.49. The van der Waals surface area contributed by atoms with Gasteiger partial charge in [0.05, 0.1) is 46.7 Å². The van der Waals surface area contributed by atoms with Gasteiger partial charge in [-0.25, -0.2) is 4.90 Å². The molecular weight excluding hydrogens is 699 g/mol. The van der Waals surface area contributed by atoms with Crippen molar-refractivity contribution in [2.45, 2.75) is 24.2 Å². The third kappa shape index (κ3) is 4.58. The Morgan fingerprint density at radius 3 is 2.20 bits per heavy atom. The van der Waals surface area contributed by atoms with Crippen molar-refractivity contribution in [3.63, 3.8) is 0 Å². The number of carbonyl (C=O) groups excluding carboxylic acids is 4. The second-order valence-electron chi connectivity index (χ2n) is 13.1. The Labute approximate surface area is 302 Å². The van der Waals surface area contributed by atoms with Crippen molar-refractivity contribution in [3.05, 3.63) is 129 Å². The number of anilines is 2. The average Bonchev–Trinajstić information content (AvgIpc) is 3.50. The molecule has 2 aliphatic carbocycles. The lowest BCUT2D eigenvalue weighted by Crippen LogP contribution is -2.53. The van der Waals surface area contributed by atoms with Crippen molar-refractivity contribution in [2.24, 2.45) is 23.7 Å². The number of rotatable bonds is 5. The zero-order valence-electron chi connectivity index (χ0n) is 26.6. The van der Waals surface area contributed by atoms with Gasteiger partial charge in [-0.2, -0.15) is 0 Å². The lowest BCUT2D eigenvalue weighted by molar-refractivity contribution is -0.127. The highest BCUT2D eigenvalue weighted by Gasteiger charge is 2.70. The normalized spacial score (nSPS) is 27.2. The fourth-order valence-electron chi connectivity index (χ4n) is 8.88. The Hall–Kier alpha value is -4.63. The minimum atomic E-state index is -1.50. The van der Waals surface area contributed by atoms with Crippen molar-refractivity contribution in [1.82, 2.24) is 0 Å². The molecule has 6 atom stereocenters. The highest BCUT2D eigenvalue weighted by molar-refractivity contribution is 6.33. The van der Waals surface area contributed by atoms with E-state index in [0.29, 0.717) is 32.5 Å². The summed E-state index contributed by atoms with van der Waals surface area (Å²) in [5, 5.41) is 11.6. The van der Waals surface area contributed by atoms with Crippen molar-refractivity contribution in [3.8, 4) is 11.5 Å². The van der Waals surface area contributed by atoms with Crippen LogP contribution in [0.2, 0.25) is 15.1 Å². The van der Waals surface area contributed by atoms with Crippen LogP contribution in [-0.4, -0.2) is 35.8 Å². The molecule has 0 radical (unpaired) electrons. The molecule has 4 aliphatic rings. The van der Waals surface area contributed by atoms with Gasteiger partial charge in [-0.05, 0) is 84.5 Å². The molecule has 2 saturated heterocycles. The first-order chi connectivity index (χ1) is 24.1. The first-order valence-corrected chi connectivity index (χ1v) is 17.3. The predicted octanol–water partition coefficient (Wildman–Crippen LogP) is 7.73. The number of amides is 4. The van der Waals surface area contributed by atoms with Crippen molar-refractivity contribution in [2.75, 3.05) is 16.9 Å². The number of phenolic OH excluding ortho intramolecular Hbond substituents is 1. The van der Waals surface area contributed by atoms with Crippen molar-refractivity contribution >= 4 is 69.8 Å². The molecule has 3 fully saturated rings. The molecule has 1 saturated carbocycles. The molecular formula is C39H29Cl3N2O6. The van der Waals surface area contributed by atoms with E-state index in [4.69, 9.17) is 39.5 Å². The number of fused-ring (bicyclic) bond motifs is 4. The molecule has 2 heterocycles. The maximum Gasteiger partial charge on any atom is 0.246 e. The third-order valence-corrected chi connectivity index (χ3v) is 11.6. The second-order valence-corrected chi connectivity index (χ2v) is 14.4. The van der Waals surface area contributed by atoms with E-state index in [1.807, 2.05) is 36.4 Å². The van der Waals surface area contributed by atoms with Gasteiger partial charge in [-0.1, -0.05) is 82.9 Å². The molecule has 4 aromatic rings. The van der Waals surface area contributed by atoms with Gasteiger partial charge in [0.25, 0.3) is 0 Å². The molecule has 50 heavy (non-hydrogen) atoms. The number of aromatic hydroxyl groups is 1. The Kier molecular flexibility index (Phi) is 7.82. The fourth-order valence-corrected chi connectivity index (χ4v) is 9.41. The molecule has 8 nitrogen and oxygen atoms in total. The molecule has 2 aliphatic heterocycles. The summed E-state index contributed by atoms with van der Waals surface area (Å²) in [6.45, 7) is 0. The summed E-state index contributed by atoms with van der Waals surface area (Å²) in [4.78, 5) is 61.0. The minimum Gasteiger partial charge on any atom is -0.503 e. The Morgan fingerprint density at radius 2 is 1.50 bits per heavy atom. The summed E-state index contributed by atoms with van der Waals surface area (Å²) in [5.74, 6) is -5.56. The van der Waals surface area contributed by atoms with Crippen molar-refractivity contribution < 1.29 is 29.0 Å². The lowest BCUT2D eigenvalue weighted by Gasteiger charge is -2.50. The monoisotopic (exact) mass is 726 g/mol. The highest BCUT2D eigenvalue weighted by Crippen LogP contribution is 2.65. The molecule has 0 spiro atoms. The van der Waals surface area contributed by atoms with Crippen LogP contribution in [-0.2, 0) is 24.6 Å². The molecule has 4 amide bonds. The largest absolute Gasteiger partial charge is 0.503 e. The second kappa shape index (κ2) is 12.0. The van der Waals surface area contributed by atoms with Gasteiger partial charge in [0.2, 0.25) is 23.6 Å². The molecule has 0 bridgehead atoms. The van der Waals surface area contributed by atoms with Crippen LogP contribution < -0.4 is 14.5 Å². The van der Waals surface area contributed by atoms with Crippen LogP contribution >= 0.6 is 34.8 Å². The van der Waals surface area contributed by atoms with Gasteiger partial charge < -0.3 is 9.84 Å². The van der Waals surface area contributed by atoms with Crippen LogP contribution in [0.3, 0.4) is 0 Å². The summed E-state index contributed by atoms with van der Waals surface area (Å²) in [7, 11) is 1.40. The van der Waals surface area contributed by atoms with Crippen LogP contribution in [0.4, 0.5) is 11.4 Å². The Bertz CT molecular complexity index is 2140. The fraction of sp³-hybridized carbons (Fsp3) is 0.231. The van der Waals surface area contributed by atoms with E-state index in [0.717, 1.165) is 5.57 Å². The zero-order valence-corrected chi connectivity index (χ0v) is 28.8. The number of hydrogen-bond donors (Lipinski definition) is 1. The van der Waals surface area contributed by atoms with E-state index in [1.165, 1.54) is 16.9 Å². The van der Waals surface area contributed by atoms with E-state index in [9.17, 15) is 19.5 Å². The molecule has 1 N–H and O–H groups in total. The number of phenols is 1. The van der Waals surface area contributed by atoms with E-state index in [1.54, 1.807) is 60.7 Å². The Morgan fingerprint density at radius 1 is 0.760 bits per heavy atom. The first kappa shape index (κ1) is 32.6. The quantitative estimate of drug-likeness (QED) is 0.167. The van der Waals surface area contributed by atoms with Gasteiger partial charge in [-0.15, -0.1) is 0 Å². The van der Waals surface area contributed by atoms with Crippen LogP contribution in [0.5, 0.6) is 11.5 Å². The van der Waals surface area contributed by atoms with Gasteiger partial charge in [0.1, 0.15) is 0 Å². The third-order valence-electron chi connectivity index (χ3n) is 10.9. The van der Waals surface area contributed by atoms with Gasteiger partial charge in [0, 0.05) is 16.0 Å². The van der Waals surface area contributed by atoms with Gasteiger partial charge in [0.15, 0.2) is 11.5 Å². The number of allylic oxidation sites excluding steroid dienone is 2. The molecule has 252 valence electrons. The number of imide groups is 2. The SMILES string of the molecule is COc1cc([C@H]2C3=CC[C@@H]4C(=O)N(c5ccc(Cl)cc5)C(=O)[C@@H]4[C@@H]3C[C@H]3C(=O)N(c4cccc(Cl)c4)C(=O)[C@@]23c2ccccc2)cc(Cl)c1O. The maximum absolute atomic E-state index is 15.3. The summed E-state index contributed by atoms with van der Waals surface area (Å²) < 4.78 is 5.52. The average molecular weight is 728 g/mol. The smallest absolute Gasteiger partial charge is 0.246 e. The number of hydrogen-bond acceptors (Lipinski definition) is 6. The van der Waals surface area contributed by atoms with E-state index < -0.39 is 46.8 Å². The highest BCUT2D eigenvalue weighted by atomic mass is 35.5. The molecule has 11 heteroatoms. The topological polar surface area (TPSA) is 104 Å². The summed E-state index contributed by atoms with van der Waals surface area (Å²) in [6.07, 6.45) is 2.34. The van der Waals surface area contributed by atoms with Crippen LogP contribution in [0.1, 0.15) is 29.9 Å². The summed E-state index contributed by atoms with van der Waals surface area (Å²) in [5.41, 5.74) is 1.13. The molecule has 0 unspecified atom stereocenters. The van der Waals surface area contributed by atoms with Crippen molar-refractivity contribution in [1.29, 1.82) is 0 Å². The summed E-state index contributed by atoms with van der Waals surface area (Å²) in [6, 6.07) is 25.5. The number of halogens is 3. The van der Waals surface area contributed by atoms with Gasteiger partial charge >= 0.3 is 0 Å². The number of nitrogens with zero attached hydrogens (tertiary/aromatic N) is 2. The first-order valence-electron chi connectivity index (χ1n) is 16.2. The van der Waals surface area contributed by atoms with E-state index in [-0.39, 0.29) is 41.2 Å². The number of methoxy groups -OCH3 is 1. The molecule has 8 rings (SSSR count). The maximum atomic E-state index is 15.3. The Balaban J connectivity index is 1.37. The van der Waals surface area contributed by atoms with Gasteiger partial charge in [-0.3, -0.25) is 24.1 Å². The standard InChI is InChI=1S/C39H29Cl3N2O6/c1-50-31-17-20(16-30(42)34(31)45)33-26-14-15-27-32(37(48)43(35(27)46)24-12-10-22(40)11-13-24)28(26)19-29-36(47)44(25-9-5-8-23(41)18-25)38(49)39(29,33)21-6-3-2-4-7-21/h2-14,16-18,27-29,32-33,45H,15,19H2,1H3/t27-,28+,29-,32-,33-,39+/m0/s1. The van der Waals surface area contributed by atoms with E-state index >= 15 is 4.79 Å². The minimum absolute atomic E-state index is 0.0000231. The van der Waals surface area contributed by atoms with E-state index in [2.05, 4.69) is 0 Å². The number of carbonyl (C=O) groups is 4. The van der Waals surface area contributed by atoms with Crippen LogP contribution in [0.25, 0.3) is 0 Å². The molecule has 4 aromatic carbocycles. The summed E-state index contributed by atoms with van der Waals surface area (Å²) >= 11 is 19.1. The van der Waals surface area contributed by atoms with Crippen LogP contribution in [0.15, 0.2) is 103 Å².